The second-order valence-electron chi connectivity index (χ2n) is 10.9. The fourth-order valence-corrected chi connectivity index (χ4v) is 7.97. The third-order valence-corrected chi connectivity index (χ3v) is 9.46. The molecule has 0 radical (unpaired) electrons. The second-order valence-corrected chi connectivity index (χ2v) is 10.9. The van der Waals surface area contributed by atoms with Crippen molar-refractivity contribution in [3.63, 3.8) is 0 Å². The lowest BCUT2D eigenvalue weighted by Crippen LogP contribution is -2.64. The number of methoxy groups -OCH3 is 1. The molecule has 0 amide bonds. The highest BCUT2D eigenvalue weighted by Gasteiger charge is 2.70. The van der Waals surface area contributed by atoms with Gasteiger partial charge in [0.05, 0.1) is 19.6 Å². The van der Waals surface area contributed by atoms with E-state index in [1.54, 1.807) is 0 Å². The molecule has 5 aliphatic rings. The number of aliphatic hydroxyl groups is 1. The molecule has 3 aliphatic carbocycles. The molecule has 6 atom stereocenters. The van der Waals surface area contributed by atoms with Crippen LogP contribution in [0.25, 0.3) is 0 Å². The standard InChI is InChI=1S/C24H35NO5/c1-14(2)24(28)8-7-22(13-30-24)15-9-19(26)17-6-5-16-18(21(27)29-4)10-23(22,20(16)17)12-25(3)11-15/h14-16,18,28H,5-13H2,1-4H3/t15-,16-,18-,22-,23-,24-/m1/s1. The van der Waals surface area contributed by atoms with Gasteiger partial charge in [-0.3, -0.25) is 9.59 Å². The van der Waals surface area contributed by atoms with Gasteiger partial charge in [0.2, 0.25) is 0 Å². The molecule has 0 aromatic rings. The van der Waals surface area contributed by atoms with Crippen LogP contribution in [0.15, 0.2) is 11.1 Å². The SMILES string of the molecule is COC(=O)[C@@H]1C[C@@]23CN(C)C[C@@H](CC(=O)C4=C2[C@@H]1CC4)[C@]31CC[C@](O)(C(C)C)OC1. The number of carbonyl (C=O) groups is 2. The van der Waals surface area contributed by atoms with Gasteiger partial charge in [-0.1, -0.05) is 19.4 Å². The topological polar surface area (TPSA) is 76.1 Å². The molecule has 2 spiro atoms. The minimum atomic E-state index is -1.11. The molecule has 0 aromatic carbocycles. The Morgan fingerprint density at radius 1 is 1.33 bits per heavy atom. The summed E-state index contributed by atoms with van der Waals surface area (Å²) in [7, 11) is 3.61. The van der Waals surface area contributed by atoms with E-state index in [4.69, 9.17) is 9.47 Å². The number of ether oxygens (including phenoxy) is 2. The monoisotopic (exact) mass is 417 g/mol. The van der Waals surface area contributed by atoms with Crippen molar-refractivity contribution in [2.75, 3.05) is 33.9 Å². The Labute approximate surface area is 179 Å². The van der Waals surface area contributed by atoms with Crippen molar-refractivity contribution in [2.24, 2.45) is 34.5 Å². The van der Waals surface area contributed by atoms with Crippen LogP contribution in [0, 0.1) is 34.5 Å². The van der Waals surface area contributed by atoms with Gasteiger partial charge in [-0.2, -0.15) is 0 Å². The number of allylic oxidation sites excluding steroid dienone is 1. The van der Waals surface area contributed by atoms with Gasteiger partial charge in [-0.25, -0.2) is 0 Å². The highest BCUT2D eigenvalue weighted by atomic mass is 16.6. The predicted molar refractivity (Wildman–Crippen MR) is 110 cm³/mol. The second kappa shape index (κ2) is 6.63. The summed E-state index contributed by atoms with van der Waals surface area (Å²) in [5.41, 5.74) is 1.81. The summed E-state index contributed by atoms with van der Waals surface area (Å²) in [6, 6.07) is 0. The first-order chi connectivity index (χ1) is 14.2. The van der Waals surface area contributed by atoms with E-state index in [-0.39, 0.29) is 46.3 Å². The summed E-state index contributed by atoms with van der Waals surface area (Å²) in [5, 5.41) is 11.0. The van der Waals surface area contributed by atoms with Crippen LogP contribution in [0.5, 0.6) is 0 Å². The number of hydrogen-bond acceptors (Lipinski definition) is 6. The zero-order valence-corrected chi connectivity index (χ0v) is 18.7. The van der Waals surface area contributed by atoms with Gasteiger partial charge in [-0.15, -0.1) is 0 Å². The van der Waals surface area contributed by atoms with Gasteiger partial charge in [0.25, 0.3) is 0 Å². The number of ketones is 1. The van der Waals surface area contributed by atoms with Gasteiger partial charge in [0, 0.05) is 42.7 Å². The lowest BCUT2D eigenvalue weighted by Gasteiger charge is -2.62. The molecule has 6 heteroatoms. The van der Waals surface area contributed by atoms with Crippen molar-refractivity contribution in [2.45, 2.75) is 58.2 Å². The van der Waals surface area contributed by atoms with Crippen LogP contribution >= 0.6 is 0 Å². The van der Waals surface area contributed by atoms with Crippen molar-refractivity contribution in [1.82, 2.24) is 4.90 Å². The minimum absolute atomic E-state index is 0.0164. The molecule has 0 aromatic heterocycles. The van der Waals surface area contributed by atoms with E-state index in [2.05, 4.69) is 11.9 Å². The summed E-state index contributed by atoms with van der Waals surface area (Å²) in [4.78, 5) is 28.5. The van der Waals surface area contributed by atoms with Gasteiger partial charge in [0.1, 0.15) is 0 Å². The van der Waals surface area contributed by atoms with Crippen LogP contribution in [-0.4, -0.2) is 61.4 Å². The molecular formula is C24H35NO5. The Balaban J connectivity index is 1.66. The highest BCUT2D eigenvalue weighted by molar-refractivity contribution is 5.98. The molecule has 3 fully saturated rings. The number of piperidine rings is 1. The molecule has 6 nitrogen and oxygen atoms in total. The molecule has 2 bridgehead atoms. The molecule has 2 saturated heterocycles. The molecule has 1 saturated carbocycles. The maximum Gasteiger partial charge on any atom is 0.309 e. The highest BCUT2D eigenvalue weighted by Crippen LogP contribution is 2.71. The van der Waals surface area contributed by atoms with E-state index in [1.807, 2.05) is 13.8 Å². The molecule has 30 heavy (non-hydrogen) atoms. The Morgan fingerprint density at radius 3 is 2.73 bits per heavy atom. The molecule has 2 heterocycles. The number of hydrogen-bond donors (Lipinski definition) is 1. The van der Waals surface area contributed by atoms with Crippen LogP contribution in [0.1, 0.15) is 52.4 Å². The van der Waals surface area contributed by atoms with E-state index in [9.17, 15) is 14.7 Å². The molecule has 2 aliphatic heterocycles. The summed E-state index contributed by atoms with van der Waals surface area (Å²) >= 11 is 0. The van der Waals surface area contributed by atoms with Gasteiger partial charge < -0.3 is 19.5 Å². The number of carbonyl (C=O) groups excluding carboxylic acids is 2. The van der Waals surface area contributed by atoms with E-state index >= 15 is 0 Å². The van der Waals surface area contributed by atoms with Crippen molar-refractivity contribution in [3.8, 4) is 0 Å². The number of rotatable bonds is 2. The maximum atomic E-state index is 13.4. The van der Waals surface area contributed by atoms with Crippen LogP contribution in [-0.2, 0) is 19.1 Å². The summed E-state index contributed by atoms with van der Waals surface area (Å²) < 4.78 is 11.5. The van der Waals surface area contributed by atoms with E-state index < -0.39 is 5.79 Å². The number of esters is 1. The Morgan fingerprint density at radius 2 is 2.10 bits per heavy atom. The van der Waals surface area contributed by atoms with E-state index in [0.29, 0.717) is 19.4 Å². The first kappa shape index (κ1) is 20.7. The Hall–Kier alpha value is -1.24. The van der Waals surface area contributed by atoms with Gasteiger partial charge in [-0.05, 0) is 50.1 Å². The molecule has 1 N–H and O–H groups in total. The normalized spacial score (nSPS) is 45.8. The number of likely N-dealkylation sites (tertiary alicyclic amines) is 1. The fourth-order valence-electron chi connectivity index (χ4n) is 7.97. The van der Waals surface area contributed by atoms with Crippen LogP contribution in [0.3, 0.4) is 0 Å². The van der Waals surface area contributed by atoms with Crippen molar-refractivity contribution < 1.29 is 24.2 Å². The maximum absolute atomic E-state index is 13.4. The average molecular weight is 418 g/mol. The lowest BCUT2D eigenvalue weighted by molar-refractivity contribution is -0.300. The Kier molecular flexibility index (Phi) is 4.56. The first-order valence-electron chi connectivity index (χ1n) is 11.6. The summed E-state index contributed by atoms with van der Waals surface area (Å²) in [5.74, 6) is -0.827. The quantitative estimate of drug-likeness (QED) is 0.696. The van der Waals surface area contributed by atoms with E-state index in [0.717, 1.165) is 44.3 Å². The van der Waals surface area contributed by atoms with Crippen LogP contribution < -0.4 is 0 Å². The third-order valence-electron chi connectivity index (χ3n) is 9.46. The molecule has 0 unspecified atom stereocenters. The molecule has 166 valence electrons. The number of nitrogens with zero attached hydrogens (tertiary/aromatic N) is 1. The van der Waals surface area contributed by atoms with Gasteiger partial charge in [0.15, 0.2) is 11.6 Å². The fraction of sp³-hybridized carbons (Fsp3) is 0.833. The van der Waals surface area contributed by atoms with Crippen molar-refractivity contribution in [1.29, 1.82) is 0 Å². The third kappa shape index (κ3) is 2.47. The lowest BCUT2D eigenvalue weighted by atomic mass is 9.50. The van der Waals surface area contributed by atoms with E-state index in [1.165, 1.54) is 12.7 Å². The average Bonchev–Trinajstić information content (AvgIpc) is 3.26. The van der Waals surface area contributed by atoms with Gasteiger partial charge >= 0.3 is 5.97 Å². The van der Waals surface area contributed by atoms with Crippen molar-refractivity contribution >= 4 is 11.8 Å². The minimum Gasteiger partial charge on any atom is -0.469 e. The summed E-state index contributed by atoms with van der Waals surface area (Å²) in [6.07, 6.45) is 4.38. The zero-order valence-electron chi connectivity index (χ0n) is 18.7. The Bertz CT molecular complexity index is 808. The first-order valence-corrected chi connectivity index (χ1v) is 11.6. The largest absolute Gasteiger partial charge is 0.469 e. The van der Waals surface area contributed by atoms with Crippen LogP contribution in [0.4, 0.5) is 0 Å². The number of Topliss-reactive ketones (excluding diaryl/α,β-unsaturated/α-hetero) is 1. The predicted octanol–water partition coefficient (Wildman–Crippen LogP) is 2.55. The summed E-state index contributed by atoms with van der Waals surface area (Å²) in [6.45, 7) is 6.18. The van der Waals surface area contributed by atoms with Crippen molar-refractivity contribution in [3.05, 3.63) is 11.1 Å². The molecule has 5 rings (SSSR count). The smallest absolute Gasteiger partial charge is 0.309 e. The zero-order chi connectivity index (χ0) is 21.5. The molecular weight excluding hydrogens is 382 g/mol. The van der Waals surface area contributed by atoms with Crippen LogP contribution in [0.2, 0.25) is 0 Å².